The number of carbonyl (C=O) groups excluding carboxylic acids is 1. The molecular weight excluding hydrogens is 351 g/mol. The first kappa shape index (κ1) is 17.5. The molecule has 136 valence electrons. The van der Waals surface area contributed by atoms with Crippen LogP contribution >= 0.6 is 11.6 Å². The molecule has 3 nitrogen and oxygen atoms in total. The molecule has 2 aromatic rings. The Kier molecular flexibility index (Phi) is 4.96. The van der Waals surface area contributed by atoms with Gasteiger partial charge in [-0.2, -0.15) is 0 Å². The van der Waals surface area contributed by atoms with Crippen LogP contribution in [0, 0.1) is 11.7 Å². The van der Waals surface area contributed by atoms with E-state index in [1.54, 1.807) is 6.07 Å². The lowest BCUT2D eigenvalue weighted by Gasteiger charge is -2.36. The molecule has 2 aromatic carbocycles. The first-order chi connectivity index (χ1) is 12.6. The van der Waals surface area contributed by atoms with Crippen LogP contribution in [0.1, 0.15) is 28.8 Å². The van der Waals surface area contributed by atoms with E-state index < -0.39 is 5.82 Å². The molecule has 0 N–H and O–H groups in total. The zero-order valence-electron chi connectivity index (χ0n) is 14.6. The molecule has 0 spiro atoms. The quantitative estimate of drug-likeness (QED) is 0.805. The van der Waals surface area contributed by atoms with Crippen LogP contribution in [-0.4, -0.2) is 41.4 Å². The van der Waals surface area contributed by atoms with Gasteiger partial charge in [0.15, 0.2) is 0 Å². The van der Waals surface area contributed by atoms with Crippen LogP contribution in [0.4, 0.5) is 4.39 Å². The van der Waals surface area contributed by atoms with Crippen LogP contribution in [0.15, 0.2) is 48.5 Å². The lowest BCUT2D eigenvalue weighted by molar-refractivity contribution is 0.0580. The second-order valence-corrected chi connectivity index (χ2v) is 7.79. The number of piperidine rings is 1. The zero-order valence-corrected chi connectivity index (χ0v) is 15.3. The van der Waals surface area contributed by atoms with Crippen LogP contribution in [0.25, 0.3) is 0 Å². The van der Waals surface area contributed by atoms with Gasteiger partial charge in [-0.15, -0.1) is 0 Å². The zero-order chi connectivity index (χ0) is 18.1. The van der Waals surface area contributed by atoms with Crippen LogP contribution in [0.5, 0.6) is 0 Å². The topological polar surface area (TPSA) is 23.6 Å². The van der Waals surface area contributed by atoms with Crippen molar-refractivity contribution in [3.63, 3.8) is 0 Å². The monoisotopic (exact) mass is 372 g/mol. The van der Waals surface area contributed by atoms with Crippen molar-refractivity contribution in [3.05, 3.63) is 70.5 Å². The summed E-state index contributed by atoms with van der Waals surface area (Å²) in [5.41, 5.74) is 1.41. The summed E-state index contributed by atoms with van der Waals surface area (Å²) in [6, 6.07) is 14.8. The van der Waals surface area contributed by atoms with E-state index in [0.29, 0.717) is 17.5 Å². The van der Waals surface area contributed by atoms with Crippen LogP contribution in [-0.2, 0) is 6.54 Å². The van der Waals surface area contributed by atoms with Gasteiger partial charge in [0.2, 0.25) is 0 Å². The largest absolute Gasteiger partial charge is 0.334 e. The fourth-order valence-corrected chi connectivity index (χ4v) is 4.37. The molecule has 5 rings (SSSR count). The van der Waals surface area contributed by atoms with E-state index in [-0.39, 0.29) is 17.5 Å². The number of hydrogen-bond acceptors (Lipinski definition) is 2. The van der Waals surface area contributed by atoms with Gasteiger partial charge in [-0.05, 0) is 42.5 Å². The van der Waals surface area contributed by atoms with Gasteiger partial charge in [0, 0.05) is 37.2 Å². The summed E-state index contributed by atoms with van der Waals surface area (Å²) in [7, 11) is 0. The highest BCUT2D eigenvalue weighted by Gasteiger charge is 2.38. The van der Waals surface area contributed by atoms with Gasteiger partial charge in [-0.1, -0.05) is 41.9 Å². The molecule has 5 heteroatoms. The minimum Gasteiger partial charge on any atom is -0.334 e. The highest BCUT2D eigenvalue weighted by atomic mass is 35.5. The standard InChI is InChI=1S/C21H22ClFN2O/c22-17-7-9-19(20(23)10-17)21(26)25-13-16-6-8-18(25)14-24(12-16)11-15-4-2-1-3-5-15/h1-5,7,9-10,16,18H,6,8,11-14H2/t16-,18+/m0/s1. The Balaban J connectivity index is 1.52. The molecule has 3 aliphatic rings. The molecule has 2 bridgehead atoms. The maximum absolute atomic E-state index is 14.2. The normalized spacial score (nSPS) is 23.1. The van der Waals surface area contributed by atoms with Crippen LogP contribution in [0.2, 0.25) is 5.02 Å². The molecule has 3 aliphatic heterocycles. The molecule has 3 fully saturated rings. The van der Waals surface area contributed by atoms with E-state index in [1.807, 2.05) is 11.0 Å². The summed E-state index contributed by atoms with van der Waals surface area (Å²) >= 11 is 5.82. The van der Waals surface area contributed by atoms with Crippen molar-refractivity contribution in [2.24, 2.45) is 5.92 Å². The molecule has 0 radical (unpaired) electrons. The van der Waals surface area contributed by atoms with Crippen molar-refractivity contribution in [2.45, 2.75) is 25.4 Å². The number of benzene rings is 2. The molecular formula is C21H22ClFN2O. The number of nitrogens with zero attached hydrogens (tertiary/aromatic N) is 2. The first-order valence-electron chi connectivity index (χ1n) is 9.12. The van der Waals surface area contributed by atoms with Crippen LogP contribution < -0.4 is 0 Å². The minimum absolute atomic E-state index is 0.122. The molecule has 0 saturated carbocycles. The summed E-state index contributed by atoms with van der Waals surface area (Å²) in [4.78, 5) is 17.3. The molecule has 3 heterocycles. The fraction of sp³-hybridized carbons (Fsp3) is 0.381. The lowest BCUT2D eigenvalue weighted by atomic mass is 9.94. The number of carbonyl (C=O) groups is 1. The third-order valence-corrected chi connectivity index (χ3v) is 5.70. The molecule has 0 aromatic heterocycles. The third-order valence-electron chi connectivity index (χ3n) is 5.46. The Morgan fingerprint density at radius 1 is 1.08 bits per heavy atom. The Bertz CT molecular complexity index is 798. The van der Waals surface area contributed by atoms with Gasteiger partial charge in [0.05, 0.1) is 5.56 Å². The average Bonchev–Trinajstić information content (AvgIpc) is 2.92. The van der Waals surface area contributed by atoms with Crippen molar-refractivity contribution in [2.75, 3.05) is 19.6 Å². The van der Waals surface area contributed by atoms with E-state index >= 15 is 0 Å². The Morgan fingerprint density at radius 3 is 2.65 bits per heavy atom. The summed E-state index contributed by atoms with van der Waals surface area (Å²) in [5, 5.41) is 0.311. The molecule has 0 aliphatic carbocycles. The average molecular weight is 373 g/mol. The van der Waals surface area contributed by atoms with Crippen molar-refractivity contribution >= 4 is 17.5 Å². The van der Waals surface area contributed by atoms with Gasteiger partial charge >= 0.3 is 0 Å². The summed E-state index contributed by atoms with van der Waals surface area (Å²) in [6.45, 7) is 3.42. The van der Waals surface area contributed by atoms with Gasteiger partial charge in [0.25, 0.3) is 5.91 Å². The van der Waals surface area contributed by atoms with Gasteiger partial charge in [0.1, 0.15) is 5.82 Å². The van der Waals surface area contributed by atoms with E-state index in [9.17, 15) is 9.18 Å². The minimum atomic E-state index is -0.538. The molecule has 3 saturated heterocycles. The lowest BCUT2D eigenvalue weighted by Crippen LogP contribution is -2.47. The highest BCUT2D eigenvalue weighted by Crippen LogP contribution is 2.30. The Morgan fingerprint density at radius 2 is 1.88 bits per heavy atom. The van der Waals surface area contributed by atoms with Crippen molar-refractivity contribution in [1.82, 2.24) is 9.80 Å². The fourth-order valence-electron chi connectivity index (χ4n) is 4.22. The number of fused-ring (bicyclic) bond motifs is 4. The second-order valence-electron chi connectivity index (χ2n) is 7.36. The molecule has 0 unspecified atom stereocenters. The van der Waals surface area contributed by atoms with Crippen molar-refractivity contribution in [3.8, 4) is 0 Å². The number of rotatable bonds is 3. The summed E-state index contributed by atoms with van der Waals surface area (Å²) < 4.78 is 14.2. The van der Waals surface area contributed by atoms with E-state index in [1.165, 1.54) is 17.7 Å². The maximum atomic E-state index is 14.2. The molecule has 1 amide bonds. The predicted molar refractivity (Wildman–Crippen MR) is 101 cm³/mol. The summed E-state index contributed by atoms with van der Waals surface area (Å²) in [5.74, 6) is -0.309. The van der Waals surface area contributed by atoms with Crippen molar-refractivity contribution in [1.29, 1.82) is 0 Å². The number of hydrogen-bond donors (Lipinski definition) is 0. The Labute approximate surface area is 158 Å². The van der Waals surface area contributed by atoms with Crippen LogP contribution in [0.3, 0.4) is 0 Å². The molecule has 26 heavy (non-hydrogen) atoms. The summed E-state index contributed by atoms with van der Waals surface area (Å²) in [6.07, 6.45) is 2.11. The second kappa shape index (κ2) is 7.37. The van der Waals surface area contributed by atoms with E-state index in [0.717, 1.165) is 32.5 Å². The predicted octanol–water partition coefficient (Wildman–Crippen LogP) is 4.22. The van der Waals surface area contributed by atoms with E-state index in [4.69, 9.17) is 11.6 Å². The van der Waals surface area contributed by atoms with Gasteiger partial charge in [-0.3, -0.25) is 9.69 Å². The highest BCUT2D eigenvalue weighted by molar-refractivity contribution is 6.30. The third kappa shape index (κ3) is 3.62. The SMILES string of the molecule is O=C(c1ccc(Cl)cc1F)N1C[C@H]2CC[C@@H]1CN(Cc1ccccc1)C2. The van der Waals surface area contributed by atoms with Gasteiger partial charge < -0.3 is 4.90 Å². The smallest absolute Gasteiger partial charge is 0.257 e. The first-order valence-corrected chi connectivity index (χ1v) is 9.50. The van der Waals surface area contributed by atoms with E-state index in [2.05, 4.69) is 29.2 Å². The van der Waals surface area contributed by atoms with Gasteiger partial charge in [-0.25, -0.2) is 4.39 Å². The number of halogens is 2. The number of amides is 1. The molecule has 2 atom stereocenters. The Hall–Kier alpha value is -1.91. The van der Waals surface area contributed by atoms with Crippen molar-refractivity contribution < 1.29 is 9.18 Å². The maximum Gasteiger partial charge on any atom is 0.257 e.